The fraction of sp³-hybridized carbons (Fsp3) is 0.263. The second-order valence-electron chi connectivity index (χ2n) is 5.40. The first-order valence-electron chi connectivity index (χ1n) is 7.50. The molecule has 0 aromatic heterocycles. The van der Waals surface area contributed by atoms with Gasteiger partial charge >= 0.3 is 0 Å². The predicted octanol–water partition coefficient (Wildman–Crippen LogP) is 3.75. The third kappa shape index (κ3) is 4.76. The van der Waals surface area contributed by atoms with Gasteiger partial charge < -0.3 is 19.9 Å². The van der Waals surface area contributed by atoms with E-state index in [-0.39, 0.29) is 6.61 Å². The molecule has 0 amide bonds. The molecular formula is C19H23NO3. The van der Waals surface area contributed by atoms with E-state index in [0.29, 0.717) is 24.7 Å². The van der Waals surface area contributed by atoms with Crippen molar-refractivity contribution >= 4 is 5.69 Å². The summed E-state index contributed by atoms with van der Waals surface area (Å²) in [5, 5.41) is 12.7. The van der Waals surface area contributed by atoms with E-state index in [1.807, 2.05) is 49.4 Å². The Hall–Kier alpha value is -2.46. The molecule has 0 aliphatic heterocycles. The van der Waals surface area contributed by atoms with Crippen LogP contribution in [0.4, 0.5) is 5.69 Å². The lowest BCUT2D eigenvalue weighted by molar-refractivity contribution is 0.282. The van der Waals surface area contributed by atoms with Crippen molar-refractivity contribution < 1.29 is 14.6 Å². The van der Waals surface area contributed by atoms with Crippen molar-refractivity contribution in [3.05, 3.63) is 65.7 Å². The predicted molar refractivity (Wildman–Crippen MR) is 93.0 cm³/mol. The summed E-state index contributed by atoms with van der Waals surface area (Å²) in [5.41, 5.74) is 3.82. The molecule has 0 saturated carbocycles. The van der Waals surface area contributed by atoms with Gasteiger partial charge in [-0.1, -0.05) is 30.8 Å². The van der Waals surface area contributed by atoms with Crippen molar-refractivity contribution in [1.29, 1.82) is 0 Å². The lowest BCUT2D eigenvalue weighted by atomic mass is 10.1. The Bertz CT molecular complexity index is 667. The van der Waals surface area contributed by atoms with Crippen molar-refractivity contribution in [3.8, 4) is 11.5 Å². The number of methoxy groups -OCH3 is 1. The molecule has 2 aromatic carbocycles. The summed E-state index contributed by atoms with van der Waals surface area (Å²) in [6.07, 6.45) is 0. The normalized spacial score (nSPS) is 10.2. The maximum atomic E-state index is 9.37. The van der Waals surface area contributed by atoms with E-state index in [1.54, 1.807) is 7.11 Å². The Kier molecular flexibility index (Phi) is 6.06. The summed E-state index contributed by atoms with van der Waals surface area (Å²) in [6, 6.07) is 13.5. The minimum absolute atomic E-state index is 0.0127. The second kappa shape index (κ2) is 8.25. The van der Waals surface area contributed by atoms with Crippen LogP contribution in [0.5, 0.6) is 11.5 Å². The molecule has 0 heterocycles. The van der Waals surface area contributed by atoms with Crippen LogP contribution in [0.25, 0.3) is 0 Å². The molecule has 122 valence electrons. The number of aliphatic hydroxyl groups is 1. The first-order valence-corrected chi connectivity index (χ1v) is 7.50. The molecule has 0 unspecified atom stereocenters. The fourth-order valence-electron chi connectivity index (χ4n) is 2.17. The van der Waals surface area contributed by atoms with Crippen LogP contribution in [0, 0.1) is 0 Å². The van der Waals surface area contributed by atoms with Gasteiger partial charge in [-0.05, 0) is 36.3 Å². The quantitative estimate of drug-likeness (QED) is 0.729. The highest BCUT2D eigenvalue weighted by molar-refractivity contribution is 5.52. The molecule has 0 fully saturated rings. The van der Waals surface area contributed by atoms with Crippen molar-refractivity contribution in [2.24, 2.45) is 0 Å². The number of hydrogen-bond donors (Lipinski definition) is 2. The summed E-state index contributed by atoms with van der Waals surface area (Å²) >= 11 is 0. The Morgan fingerprint density at radius 2 is 1.96 bits per heavy atom. The molecule has 4 nitrogen and oxygen atoms in total. The molecule has 0 bridgehead atoms. The van der Waals surface area contributed by atoms with E-state index < -0.39 is 0 Å². The maximum absolute atomic E-state index is 9.37. The molecule has 2 rings (SSSR count). The van der Waals surface area contributed by atoms with E-state index in [9.17, 15) is 5.11 Å². The van der Waals surface area contributed by atoms with Gasteiger partial charge in [0.1, 0.15) is 6.61 Å². The van der Waals surface area contributed by atoms with Gasteiger partial charge in [-0.3, -0.25) is 0 Å². The largest absolute Gasteiger partial charge is 0.493 e. The number of hydrogen-bond acceptors (Lipinski definition) is 4. The van der Waals surface area contributed by atoms with Gasteiger partial charge in [0.05, 0.1) is 13.7 Å². The third-order valence-electron chi connectivity index (χ3n) is 3.37. The molecule has 0 atom stereocenters. The van der Waals surface area contributed by atoms with Crippen LogP contribution in [0.1, 0.15) is 18.1 Å². The first-order chi connectivity index (χ1) is 11.1. The molecule has 2 N–H and O–H groups in total. The molecule has 0 aliphatic carbocycles. The zero-order valence-corrected chi connectivity index (χ0v) is 13.6. The number of benzene rings is 2. The third-order valence-corrected chi connectivity index (χ3v) is 3.37. The summed E-state index contributed by atoms with van der Waals surface area (Å²) in [7, 11) is 1.62. The van der Waals surface area contributed by atoms with Crippen LogP contribution in [0.2, 0.25) is 0 Å². The maximum Gasteiger partial charge on any atom is 0.161 e. The van der Waals surface area contributed by atoms with E-state index in [1.165, 1.54) is 0 Å². The summed E-state index contributed by atoms with van der Waals surface area (Å²) in [5.74, 6) is 1.40. The van der Waals surface area contributed by atoms with Gasteiger partial charge in [0.2, 0.25) is 0 Å². The number of anilines is 1. The lowest BCUT2D eigenvalue weighted by Gasteiger charge is -2.14. The lowest BCUT2D eigenvalue weighted by Crippen LogP contribution is -2.04. The first kappa shape index (κ1) is 16.9. The number of rotatable bonds is 8. The number of para-hydroxylation sites is 1. The molecule has 0 saturated heterocycles. The Balaban J connectivity index is 2.10. The molecule has 4 heteroatoms. The van der Waals surface area contributed by atoms with E-state index in [4.69, 9.17) is 9.47 Å². The number of aliphatic hydroxyl groups excluding tert-OH is 1. The van der Waals surface area contributed by atoms with E-state index in [2.05, 4.69) is 11.9 Å². The van der Waals surface area contributed by atoms with Gasteiger partial charge in [-0.25, -0.2) is 0 Å². The molecule has 2 aromatic rings. The van der Waals surface area contributed by atoms with Crippen molar-refractivity contribution in [1.82, 2.24) is 0 Å². The van der Waals surface area contributed by atoms with Crippen LogP contribution in [0.3, 0.4) is 0 Å². The van der Waals surface area contributed by atoms with Gasteiger partial charge in [-0.2, -0.15) is 0 Å². The molecule has 23 heavy (non-hydrogen) atoms. The van der Waals surface area contributed by atoms with Crippen molar-refractivity contribution in [2.45, 2.75) is 20.1 Å². The van der Waals surface area contributed by atoms with E-state index >= 15 is 0 Å². The Morgan fingerprint density at radius 1 is 1.17 bits per heavy atom. The standard InChI is InChI=1S/C19H23NO3/c1-14(2)13-23-19-10-15(8-9-18(19)22-3)11-20-17-7-5-4-6-16(17)12-21/h4-10,20-21H,1,11-13H2,2-3H3. The minimum atomic E-state index is 0.0127. The summed E-state index contributed by atoms with van der Waals surface area (Å²) < 4.78 is 11.1. The van der Waals surface area contributed by atoms with Crippen LogP contribution in [0.15, 0.2) is 54.6 Å². The van der Waals surface area contributed by atoms with Crippen molar-refractivity contribution in [3.63, 3.8) is 0 Å². The highest BCUT2D eigenvalue weighted by Crippen LogP contribution is 2.29. The fourth-order valence-corrected chi connectivity index (χ4v) is 2.17. The molecule has 0 spiro atoms. The summed E-state index contributed by atoms with van der Waals surface area (Å²) in [6.45, 7) is 6.86. The highest BCUT2D eigenvalue weighted by atomic mass is 16.5. The Labute approximate surface area is 137 Å². The molecular weight excluding hydrogens is 290 g/mol. The van der Waals surface area contributed by atoms with Crippen molar-refractivity contribution in [2.75, 3.05) is 19.0 Å². The van der Waals surface area contributed by atoms with Gasteiger partial charge in [0.15, 0.2) is 11.5 Å². The molecule has 0 radical (unpaired) electrons. The highest BCUT2D eigenvalue weighted by Gasteiger charge is 2.07. The summed E-state index contributed by atoms with van der Waals surface area (Å²) in [4.78, 5) is 0. The smallest absolute Gasteiger partial charge is 0.161 e. The zero-order valence-electron chi connectivity index (χ0n) is 13.6. The Morgan fingerprint density at radius 3 is 2.65 bits per heavy atom. The zero-order chi connectivity index (χ0) is 16.7. The number of ether oxygens (including phenoxy) is 2. The second-order valence-corrected chi connectivity index (χ2v) is 5.40. The van der Waals surface area contributed by atoms with Crippen LogP contribution in [-0.4, -0.2) is 18.8 Å². The monoisotopic (exact) mass is 313 g/mol. The number of nitrogens with one attached hydrogen (secondary N) is 1. The minimum Gasteiger partial charge on any atom is -0.493 e. The van der Waals surface area contributed by atoms with Gasteiger partial charge in [0, 0.05) is 17.8 Å². The average molecular weight is 313 g/mol. The molecule has 0 aliphatic rings. The average Bonchev–Trinajstić information content (AvgIpc) is 2.58. The van der Waals surface area contributed by atoms with Gasteiger partial charge in [0.25, 0.3) is 0 Å². The van der Waals surface area contributed by atoms with Crippen LogP contribution in [-0.2, 0) is 13.2 Å². The van der Waals surface area contributed by atoms with E-state index in [0.717, 1.165) is 22.4 Å². The SMILES string of the molecule is C=C(C)COc1cc(CNc2ccccc2CO)ccc1OC. The van der Waals surface area contributed by atoms with Crippen LogP contribution >= 0.6 is 0 Å². The van der Waals surface area contributed by atoms with Crippen LogP contribution < -0.4 is 14.8 Å². The van der Waals surface area contributed by atoms with Gasteiger partial charge in [-0.15, -0.1) is 0 Å². The topological polar surface area (TPSA) is 50.7 Å².